The fourth-order valence-corrected chi connectivity index (χ4v) is 6.79. The molecule has 0 amide bonds. The normalized spacial score (nSPS) is 19.0. The Morgan fingerprint density at radius 2 is 1.67 bits per heavy atom. The van der Waals surface area contributed by atoms with Crippen molar-refractivity contribution >= 4 is 33.7 Å². The summed E-state index contributed by atoms with van der Waals surface area (Å²) in [5.41, 5.74) is 5.36. The van der Waals surface area contributed by atoms with Crippen molar-refractivity contribution in [1.82, 2.24) is 10.1 Å². The largest absolute Gasteiger partial charge is 0.454 e. The Hall–Kier alpha value is -4.04. The van der Waals surface area contributed by atoms with E-state index in [-0.39, 0.29) is 12.6 Å². The van der Waals surface area contributed by atoms with Gasteiger partial charge in [0.1, 0.15) is 5.52 Å². The Morgan fingerprint density at radius 3 is 2.51 bits per heavy atom. The number of benzene rings is 3. The zero-order valence-electron chi connectivity index (χ0n) is 21.7. The number of piperazine rings is 1. The summed E-state index contributed by atoms with van der Waals surface area (Å²) in [7, 11) is 0. The van der Waals surface area contributed by atoms with Gasteiger partial charge < -0.3 is 24.2 Å². The van der Waals surface area contributed by atoms with E-state index in [4.69, 9.17) is 14.0 Å². The van der Waals surface area contributed by atoms with Crippen molar-refractivity contribution in [2.24, 2.45) is 0 Å². The van der Waals surface area contributed by atoms with Crippen molar-refractivity contribution in [1.29, 1.82) is 0 Å². The molecule has 2 aliphatic heterocycles. The molecule has 1 N–H and O–H groups in total. The number of ketones is 1. The number of nitrogens with one attached hydrogen (secondary N) is 1. The van der Waals surface area contributed by atoms with Crippen molar-refractivity contribution in [3.8, 4) is 22.8 Å². The highest BCUT2D eigenvalue weighted by molar-refractivity contribution is 6.28. The second-order valence-electron chi connectivity index (χ2n) is 10.9. The summed E-state index contributed by atoms with van der Waals surface area (Å²) in [5, 5.41) is 8.88. The minimum absolute atomic E-state index is 0.0248. The second kappa shape index (κ2) is 9.02. The number of carbonyl (C=O) groups excluding carboxylic acids is 1. The molecule has 4 aromatic rings. The van der Waals surface area contributed by atoms with E-state index in [9.17, 15) is 4.79 Å². The van der Waals surface area contributed by atoms with Gasteiger partial charge in [0.05, 0.1) is 22.3 Å². The SMILES string of the molecule is O=C1c2ccccc2-c2onc3c(N4CCN(C5CCCCC5)CC4)cc(Nc4ccc5c(c4)OCO5)c1c23. The fraction of sp³-hybridized carbons (Fsp3) is 0.355. The molecular formula is C31H30N4O4. The number of hydrogen-bond donors (Lipinski definition) is 1. The first kappa shape index (κ1) is 22.9. The van der Waals surface area contributed by atoms with Crippen LogP contribution < -0.4 is 19.7 Å². The summed E-state index contributed by atoms with van der Waals surface area (Å²) in [5.74, 6) is 2.05. The highest BCUT2D eigenvalue weighted by atomic mass is 16.7. The Bertz CT molecular complexity index is 1600. The minimum Gasteiger partial charge on any atom is -0.454 e. The van der Waals surface area contributed by atoms with Crippen LogP contribution in [0.4, 0.5) is 17.1 Å². The predicted molar refractivity (Wildman–Crippen MR) is 149 cm³/mol. The molecule has 39 heavy (non-hydrogen) atoms. The van der Waals surface area contributed by atoms with E-state index in [1.807, 2.05) is 42.5 Å². The molecule has 8 nitrogen and oxygen atoms in total. The first-order valence-electron chi connectivity index (χ1n) is 14.0. The van der Waals surface area contributed by atoms with Crippen LogP contribution in [0, 0.1) is 0 Å². The van der Waals surface area contributed by atoms with E-state index in [0.717, 1.165) is 65.5 Å². The smallest absolute Gasteiger partial charge is 0.231 e. The van der Waals surface area contributed by atoms with Gasteiger partial charge in [0.25, 0.3) is 0 Å². The number of rotatable bonds is 4. The van der Waals surface area contributed by atoms with Crippen LogP contribution in [0.5, 0.6) is 11.5 Å². The second-order valence-corrected chi connectivity index (χ2v) is 10.9. The van der Waals surface area contributed by atoms with Crippen molar-refractivity contribution < 1.29 is 18.8 Å². The third-order valence-corrected chi connectivity index (χ3v) is 8.78. The summed E-state index contributed by atoms with van der Waals surface area (Å²) >= 11 is 0. The molecule has 3 aromatic carbocycles. The molecule has 8 rings (SSSR count). The van der Waals surface area contributed by atoms with Gasteiger partial charge in [-0.2, -0.15) is 0 Å². The van der Waals surface area contributed by atoms with Gasteiger partial charge >= 0.3 is 0 Å². The Kier molecular flexibility index (Phi) is 5.30. The molecule has 1 aromatic heterocycles. The quantitative estimate of drug-likeness (QED) is 0.309. The van der Waals surface area contributed by atoms with Gasteiger partial charge in [-0.1, -0.05) is 48.7 Å². The van der Waals surface area contributed by atoms with Crippen molar-refractivity contribution in [3.05, 3.63) is 59.7 Å². The van der Waals surface area contributed by atoms with Gasteiger partial charge in [-0.15, -0.1) is 0 Å². The van der Waals surface area contributed by atoms with E-state index in [1.54, 1.807) is 0 Å². The number of aromatic nitrogens is 1. The van der Waals surface area contributed by atoms with Crippen molar-refractivity contribution in [3.63, 3.8) is 0 Å². The summed E-state index contributed by atoms with van der Waals surface area (Å²) in [6.07, 6.45) is 6.70. The van der Waals surface area contributed by atoms with Crippen molar-refractivity contribution in [2.45, 2.75) is 38.1 Å². The number of fused-ring (bicyclic) bond motifs is 3. The lowest BCUT2D eigenvalue weighted by molar-refractivity contribution is 0.104. The maximum absolute atomic E-state index is 13.9. The van der Waals surface area contributed by atoms with Gasteiger partial charge in [-0.05, 0) is 31.0 Å². The van der Waals surface area contributed by atoms with Crippen LogP contribution in [0.1, 0.15) is 48.0 Å². The first-order valence-corrected chi connectivity index (χ1v) is 14.0. The van der Waals surface area contributed by atoms with Gasteiger partial charge in [0, 0.05) is 55.1 Å². The third-order valence-electron chi connectivity index (χ3n) is 8.78. The summed E-state index contributed by atoms with van der Waals surface area (Å²) in [6, 6.07) is 16.2. The van der Waals surface area contributed by atoms with Gasteiger partial charge in [0.2, 0.25) is 6.79 Å². The molecule has 2 fully saturated rings. The molecule has 0 atom stereocenters. The molecule has 1 saturated heterocycles. The van der Waals surface area contributed by atoms with E-state index in [2.05, 4.69) is 26.3 Å². The van der Waals surface area contributed by atoms with Crippen LogP contribution in [0.3, 0.4) is 0 Å². The Labute approximate surface area is 226 Å². The molecule has 3 heterocycles. The standard InChI is InChI=1S/C31H30N4O4/c36-30-21-8-4-5-9-22(21)31-28-27(30)23(32-19-10-11-25-26(16-19)38-18-37-25)17-24(29(28)33-39-31)35-14-12-34(13-15-35)20-6-2-1-3-7-20/h4-5,8-11,16-17,20,32H,1-3,6-7,12-15,18H2. The first-order chi connectivity index (χ1) is 19.2. The monoisotopic (exact) mass is 522 g/mol. The molecule has 0 spiro atoms. The van der Waals surface area contributed by atoms with Gasteiger partial charge in [-0.25, -0.2) is 0 Å². The van der Waals surface area contributed by atoms with E-state index in [1.165, 1.54) is 32.1 Å². The number of nitrogens with zero attached hydrogens (tertiary/aromatic N) is 3. The lowest BCUT2D eigenvalue weighted by atomic mass is 9.86. The third kappa shape index (κ3) is 3.69. The minimum atomic E-state index is -0.0248. The number of ether oxygens (including phenoxy) is 2. The molecule has 1 saturated carbocycles. The van der Waals surface area contributed by atoms with Crippen LogP contribution in [-0.2, 0) is 0 Å². The van der Waals surface area contributed by atoms with E-state index >= 15 is 0 Å². The van der Waals surface area contributed by atoms with Crippen LogP contribution in [0.25, 0.3) is 22.2 Å². The summed E-state index contributed by atoms with van der Waals surface area (Å²) in [4.78, 5) is 19.0. The Balaban J connectivity index is 1.21. The number of carbonyl (C=O) groups is 1. The predicted octanol–water partition coefficient (Wildman–Crippen LogP) is 5.97. The van der Waals surface area contributed by atoms with Gasteiger partial charge in [-0.3, -0.25) is 9.69 Å². The van der Waals surface area contributed by atoms with Gasteiger partial charge in [0.15, 0.2) is 23.0 Å². The highest BCUT2D eigenvalue weighted by Crippen LogP contribution is 2.47. The lowest BCUT2D eigenvalue weighted by Crippen LogP contribution is -2.51. The van der Waals surface area contributed by atoms with Crippen LogP contribution in [-0.4, -0.2) is 54.9 Å². The molecule has 2 aliphatic carbocycles. The zero-order valence-corrected chi connectivity index (χ0v) is 21.7. The number of hydrogen-bond acceptors (Lipinski definition) is 8. The van der Waals surface area contributed by atoms with Crippen molar-refractivity contribution in [2.75, 3.05) is 43.2 Å². The molecule has 8 heteroatoms. The van der Waals surface area contributed by atoms with E-state index < -0.39 is 0 Å². The van der Waals surface area contributed by atoms with E-state index in [0.29, 0.717) is 28.7 Å². The summed E-state index contributed by atoms with van der Waals surface area (Å²) < 4.78 is 17.1. The maximum Gasteiger partial charge on any atom is 0.231 e. The molecule has 198 valence electrons. The topological polar surface area (TPSA) is 80.1 Å². The fourth-order valence-electron chi connectivity index (χ4n) is 6.79. The van der Waals surface area contributed by atoms with Crippen LogP contribution in [0.15, 0.2) is 53.1 Å². The maximum atomic E-state index is 13.9. The average molecular weight is 523 g/mol. The van der Waals surface area contributed by atoms with Crippen LogP contribution in [0.2, 0.25) is 0 Å². The lowest BCUT2D eigenvalue weighted by Gasteiger charge is -2.41. The molecular weight excluding hydrogens is 492 g/mol. The molecule has 0 bridgehead atoms. The highest BCUT2D eigenvalue weighted by Gasteiger charge is 2.35. The van der Waals surface area contributed by atoms with Crippen LogP contribution >= 0.6 is 0 Å². The summed E-state index contributed by atoms with van der Waals surface area (Å²) in [6.45, 7) is 4.12. The number of anilines is 3. The Morgan fingerprint density at radius 1 is 0.872 bits per heavy atom. The zero-order chi connectivity index (χ0) is 25.9. The molecule has 4 aliphatic rings. The molecule has 0 radical (unpaired) electrons. The molecule has 0 unspecified atom stereocenters. The average Bonchev–Trinajstić information content (AvgIpc) is 3.64.